The molecule has 0 aliphatic carbocycles. The van der Waals surface area contributed by atoms with Gasteiger partial charge in [-0.3, -0.25) is 25.0 Å². The van der Waals surface area contributed by atoms with Crippen molar-refractivity contribution in [2.75, 3.05) is 30.5 Å². The van der Waals surface area contributed by atoms with Gasteiger partial charge in [-0.2, -0.15) is 4.90 Å². The van der Waals surface area contributed by atoms with Crippen LogP contribution in [0.4, 0.5) is 43.7 Å². The van der Waals surface area contributed by atoms with Crippen molar-refractivity contribution in [3.05, 3.63) is 49.0 Å². The van der Waals surface area contributed by atoms with Crippen molar-refractivity contribution < 1.29 is 38.4 Å². The van der Waals surface area contributed by atoms with Gasteiger partial charge in [0.15, 0.2) is 5.69 Å². The van der Waals surface area contributed by atoms with Gasteiger partial charge in [0.05, 0.1) is 46.4 Å². The quantitative estimate of drug-likeness (QED) is 0.210. The minimum absolute atomic E-state index is 0.0647. The summed E-state index contributed by atoms with van der Waals surface area (Å²) >= 11 is 3.02. The smallest absolute Gasteiger partial charge is 0.424 e. The van der Waals surface area contributed by atoms with E-state index in [1.54, 1.807) is 0 Å². The standard InChI is InChI=1S/C21H21BrN6O10/c1-5-37-20(30)26(21(31)38-6-2)16-9-14(23-11(3)29)15(10-18(16)36-4)24-25-19-13(22)7-12(27(32)33)8-17(19)28(34)35/h7-10H,5-6H2,1-4H3,(H,23,29). The van der Waals surface area contributed by atoms with Crippen LogP contribution < -0.4 is 15.0 Å². The van der Waals surface area contributed by atoms with E-state index in [4.69, 9.17) is 14.2 Å². The molecule has 0 saturated heterocycles. The number of carbonyl (C=O) groups excluding carboxylic acids is 3. The lowest BCUT2D eigenvalue weighted by Gasteiger charge is -2.22. The number of azo groups is 1. The second kappa shape index (κ2) is 13.0. The Morgan fingerprint density at radius 3 is 2.08 bits per heavy atom. The maximum absolute atomic E-state index is 12.6. The van der Waals surface area contributed by atoms with Crippen LogP contribution in [0.15, 0.2) is 39.0 Å². The average Bonchev–Trinajstić information content (AvgIpc) is 2.83. The molecule has 1 N–H and O–H groups in total. The van der Waals surface area contributed by atoms with Crippen LogP contribution in [0.2, 0.25) is 0 Å². The van der Waals surface area contributed by atoms with E-state index in [0.29, 0.717) is 11.0 Å². The van der Waals surface area contributed by atoms with Crippen molar-refractivity contribution in [1.29, 1.82) is 0 Å². The Hall–Kier alpha value is -4.67. The number of nitrogens with zero attached hydrogens (tertiary/aromatic N) is 5. The summed E-state index contributed by atoms with van der Waals surface area (Å²) in [5.74, 6) is -0.676. The summed E-state index contributed by atoms with van der Waals surface area (Å²) in [4.78, 5) is 58.5. The first-order valence-corrected chi connectivity index (χ1v) is 11.4. The summed E-state index contributed by atoms with van der Waals surface area (Å²) < 4.78 is 15.1. The average molecular weight is 597 g/mol. The third-order valence-electron chi connectivity index (χ3n) is 4.44. The highest BCUT2D eigenvalue weighted by Crippen LogP contribution is 2.43. The summed E-state index contributed by atoms with van der Waals surface area (Å²) in [6.45, 7) is 4.10. The number of halogens is 1. The Morgan fingerprint density at radius 2 is 1.61 bits per heavy atom. The van der Waals surface area contributed by atoms with Crippen LogP contribution in [0, 0.1) is 20.2 Å². The number of non-ortho nitro benzene ring substituents is 1. The zero-order valence-corrected chi connectivity index (χ0v) is 22.0. The molecule has 0 aliphatic rings. The zero-order valence-electron chi connectivity index (χ0n) is 20.4. The zero-order chi connectivity index (χ0) is 28.6. The maximum Gasteiger partial charge on any atom is 0.424 e. The molecule has 2 aromatic rings. The number of amides is 3. The first-order chi connectivity index (χ1) is 17.9. The van der Waals surface area contributed by atoms with Gasteiger partial charge in [0.1, 0.15) is 17.1 Å². The van der Waals surface area contributed by atoms with Gasteiger partial charge in [0, 0.05) is 19.1 Å². The topological polar surface area (TPSA) is 205 Å². The maximum atomic E-state index is 12.6. The van der Waals surface area contributed by atoms with Crippen molar-refractivity contribution in [3.63, 3.8) is 0 Å². The van der Waals surface area contributed by atoms with Gasteiger partial charge in [0.25, 0.3) is 5.69 Å². The number of nitro groups is 2. The van der Waals surface area contributed by atoms with Crippen LogP contribution in [0.1, 0.15) is 20.8 Å². The fraction of sp³-hybridized carbons (Fsp3) is 0.286. The van der Waals surface area contributed by atoms with Crippen LogP contribution in [0.3, 0.4) is 0 Å². The number of rotatable bonds is 9. The minimum atomic E-state index is -1.09. The van der Waals surface area contributed by atoms with Crippen molar-refractivity contribution in [2.24, 2.45) is 10.2 Å². The summed E-state index contributed by atoms with van der Waals surface area (Å²) in [7, 11) is 1.23. The fourth-order valence-corrected chi connectivity index (χ4v) is 3.45. The molecular formula is C21H21BrN6O10. The molecule has 17 heteroatoms. The number of hydrogen-bond acceptors (Lipinski definition) is 12. The molecule has 38 heavy (non-hydrogen) atoms. The van der Waals surface area contributed by atoms with E-state index < -0.39 is 39.3 Å². The molecular weight excluding hydrogens is 576 g/mol. The molecule has 2 aromatic carbocycles. The van der Waals surface area contributed by atoms with E-state index in [-0.39, 0.29) is 46.2 Å². The van der Waals surface area contributed by atoms with Crippen LogP contribution in [-0.4, -0.2) is 48.3 Å². The molecule has 202 valence electrons. The van der Waals surface area contributed by atoms with Gasteiger partial charge in [-0.25, -0.2) is 9.59 Å². The molecule has 16 nitrogen and oxygen atoms in total. The number of hydrogen-bond donors (Lipinski definition) is 1. The molecule has 2 rings (SSSR count). The predicted molar refractivity (Wildman–Crippen MR) is 135 cm³/mol. The van der Waals surface area contributed by atoms with E-state index >= 15 is 0 Å². The van der Waals surface area contributed by atoms with E-state index in [2.05, 4.69) is 31.5 Å². The fourth-order valence-electron chi connectivity index (χ4n) is 2.93. The van der Waals surface area contributed by atoms with Crippen LogP contribution >= 0.6 is 15.9 Å². The van der Waals surface area contributed by atoms with E-state index in [1.807, 2.05) is 0 Å². The van der Waals surface area contributed by atoms with Gasteiger partial charge in [-0.15, -0.1) is 10.2 Å². The first-order valence-electron chi connectivity index (χ1n) is 10.6. The molecule has 0 bridgehead atoms. The lowest BCUT2D eigenvalue weighted by atomic mass is 10.2. The van der Waals surface area contributed by atoms with Crippen LogP contribution in [0.25, 0.3) is 0 Å². The molecule has 0 spiro atoms. The molecule has 0 aliphatic heterocycles. The lowest BCUT2D eigenvalue weighted by Crippen LogP contribution is -2.38. The Kier molecular flexibility index (Phi) is 10.1. The Bertz CT molecular complexity index is 1300. The van der Waals surface area contributed by atoms with Gasteiger partial charge in [-0.05, 0) is 35.8 Å². The minimum Gasteiger partial charge on any atom is -0.494 e. The van der Waals surface area contributed by atoms with Crippen molar-refractivity contribution >= 4 is 68.1 Å². The first kappa shape index (κ1) is 29.6. The number of nitrogens with one attached hydrogen (secondary N) is 1. The Morgan fingerprint density at radius 1 is 1.00 bits per heavy atom. The second-order valence-electron chi connectivity index (χ2n) is 6.97. The Balaban J connectivity index is 2.75. The third-order valence-corrected chi connectivity index (χ3v) is 5.05. The molecule has 0 aromatic heterocycles. The summed E-state index contributed by atoms with van der Waals surface area (Å²) in [5, 5.41) is 32.9. The molecule has 0 fully saturated rings. The highest BCUT2D eigenvalue weighted by molar-refractivity contribution is 9.10. The van der Waals surface area contributed by atoms with Gasteiger partial charge in [-0.1, -0.05) is 0 Å². The van der Waals surface area contributed by atoms with Crippen molar-refractivity contribution in [2.45, 2.75) is 20.8 Å². The summed E-state index contributed by atoms with van der Waals surface area (Å²) in [6, 6.07) is 4.09. The number of imide groups is 1. The van der Waals surface area contributed by atoms with Gasteiger partial charge < -0.3 is 19.5 Å². The van der Waals surface area contributed by atoms with Gasteiger partial charge in [0.2, 0.25) is 5.91 Å². The number of anilines is 2. The summed E-state index contributed by atoms with van der Waals surface area (Å²) in [5.41, 5.74) is -1.96. The second-order valence-corrected chi connectivity index (χ2v) is 7.82. The number of benzene rings is 2. The lowest BCUT2D eigenvalue weighted by molar-refractivity contribution is -0.393. The van der Waals surface area contributed by atoms with E-state index in [0.717, 1.165) is 6.07 Å². The molecule has 0 heterocycles. The molecule has 0 radical (unpaired) electrons. The highest BCUT2D eigenvalue weighted by Gasteiger charge is 2.31. The van der Waals surface area contributed by atoms with Crippen molar-refractivity contribution in [1.82, 2.24) is 0 Å². The van der Waals surface area contributed by atoms with Crippen LogP contribution in [-0.2, 0) is 14.3 Å². The van der Waals surface area contributed by atoms with E-state index in [1.165, 1.54) is 40.0 Å². The van der Waals surface area contributed by atoms with Crippen LogP contribution in [0.5, 0.6) is 5.75 Å². The normalized spacial score (nSPS) is 10.6. The van der Waals surface area contributed by atoms with Crippen molar-refractivity contribution in [3.8, 4) is 5.75 Å². The third kappa shape index (κ3) is 6.96. The number of ether oxygens (including phenoxy) is 3. The summed E-state index contributed by atoms with van der Waals surface area (Å²) in [6.07, 6.45) is -2.17. The SMILES string of the molecule is CCOC(=O)N(C(=O)OCC)c1cc(NC(C)=O)c(N=Nc2c(Br)cc([N+](=O)[O-])cc2[N+](=O)[O-])cc1OC. The number of nitro benzene ring substituents is 2. The van der Waals surface area contributed by atoms with Gasteiger partial charge >= 0.3 is 17.9 Å². The molecule has 0 saturated carbocycles. The predicted octanol–water partition coefficient (Wildman–Crippen LogP) is 5.77. The monoisotopic (exact) mass is 596 g/mol. The van der Waals surface area contributed by atoms with E-state index in [9.17, 15) is 34.6 Å². The number of methoxy groups -OCH3 is 1. The largest absolute Gasteiger partial charge is 0.494 e. The highest BCUT2D eigenvalue weighted by atomic mass is 79.9. The molecule has 0 atom stereocenters. The molecule has 0 unspecified atom stereocenters. The number of carbonyl (C=O) groups is 3. The Labute approximate surface area is 223 Å². The molecule has 3 amide bonds.